The van der Waals surface area contributed by atoms with Crippen molar-refractivity contribution in [1.82, 2.24) is 14.9 Å². The smallest absolute Gasteiger partial charge is 0.326 e. The van der Waals surface area contributed by atoms with Gasteiger partial charge in [0.05, 0.1) is 22.8 Å². The lowest BCUT2D eigenvalue weighted by molar-refractivity contribution is 0.175. The number of rotatable bonds is 6. The first-order valence-corrected chi connectivity index (χ1v) is 10.0. The van der Waals surface area contributed by atoms with Crippen LogP contribution in [0.5, 0.6) is 0 Å². The molecule has 11 heteroatoms. The maximum atomic E-state index is 13.0. The summed E-state index contributed by atoms with van der Waals surface area (Å²) in [7, 11) is -3.74. The van der Waals surface area contributed by atoms with E-state index >= 15 is 0 Å². The quantitative estimate of drug-likeness (QED) is 0.753. The van der Waals surface area contributed by atoms with Crippen molar-refractivity contribution in [1.29, 1.82) is 0 Å². The third-order valence-corrected chi connectivity index (χ3v) is 6.40. The predicted molar refractivity (Wildman–Crippen MR) is 94.9 cm³/mol. The second kappa shape index (κ2) is 6.14. The Morgan fingerprint density at radius 3 is 2.70 bits per heavy atom. The molecule has 9 nitrogen and oxygen atoms in total. The van der Waals surface area contributed by atoms with Crippen molar-refractivity contribution in [2.45, 2.75) is 43.5 Å². The predicted octanol–water partition coefficient (Wildman–Crippen LogP) is 1.41. The van der Waals surface area contributed by atoms with E-state index < -0.39 is 28.6 Å². The average Bonchev–Trinajstić information content (AvgIpc) is 3.05. The number of benzene rings is 1. The van der Waals surface area contributed by atoms with E-state index in [1.54, 1.807) is 13.0 Å². The van der Waals surface area contributed by atoms with Gasteiger partial charge in [-0.15, -0.1) is 5.10 Å². The molecule has 2 heterocycles. The van der Waals surface area contributed by atoms with Gasteiger partial charge < -0.3 is 14.4 Å². The van der Waals surface area contributed by atoms with Crippen molar-refractivity contribution in [3.05, 3.63) is 24.1 Å². The molecular formula is C16H20FN5O4S. The van der Waals surface area contributed by atoms with Gasteiger partial charge in [-0.05, 0) is 38.0 Å². The van der Waals surface area contributed by atoms with Gasteiger partial charge in [0.2, 0.25) is 22.3 Å². The third-order valence-electron chi connectivity index (χ3n) is 4.76. The zero-order valence-electron chi connectivity index (χ0n) is 14.9. The molecule has 0 bridgehead atoms. The molecular weight excluding hydrogens is 377 g/mol. The molecule has 1 saturated carbocycles. The van der Waals surface area contributed by atoms with Gasteiger partial charge >= 0.3 is 6.01 Å². The van der Waals surface area contributed by atoms with E-state index in [1.165, 1.54) is 21.9 Å². The summed E-state index contributed by atoms with van der Waals surface area (Å²) in [5.74, 6) is 0.287. The molecule has 4 rings (SSSR count). The second-order valence-corrected chi connectivity index (χ2v) is 8.70. The van der Waals surface area contributed by atoms with Crippen LogP contribution >= 0.6 is 0 Å². The zero-order chi connectivity index (χ0) is 19.4. The molecule has 1 aliphatic heterocycles. The third kappa shape index (κ3) is 3.15. The number of sulfonamides is 1. The fraction of sp³-hybridized carbons (Fsp3) is 0.500. The molecule has 2 aliphatic rings. The Kier molecular flexibility index (Phi) is 4.13. The van der Waals surface area contributed by atoms with Crippen molar-refractivity contribution in [2.75, 3.05) is 23.0 Å². The van der Waals surface area contributed by atoms with Gasteiger partial charge in [-0.2, -0.15) is 0 Å². The second-order valence-electron chi connectivity index (χ2n) is 7.02. The SMILES string of the molecule is Cc1nnc(N2c3cc(S(=O)(=O)NC4(C)CC4)ccc3N(CCF)C2O)o1. The number of nitrogens with zero attached hydrogens (tertiary/aromatic N) is 4. The molecule has 0 spiro atoms. The first-order chi connectivity index (χ1) is 12.7. The number of halogens is 1. The van der Waals surface area contributed by atoms with Crippen molar-refractivity contribution >= 4 is 27.4 Å². The standard InChI is InChI=1S/C16H20FN5O4S/c1-10-18-19-14(26-10)22-13-9-11(27(24,25)20-16(2)5-6-16)3-4-12(13)21(8-7-17)15(22)23/h3-4,9,15,20,23H,5-8H2,1-2H3. The van der Waals surface area contributed by atoms with Crippen LogP contribution in [0.1, 0.15) is 25.7 Å². The van der Waals surface area contributed by atoms with E-state index in [0.717, 1.165) is 12.8 Å². The zero-order valence-corrected chi connectivity index (χ0v) is 15.7. The number of nitrogens with one attached hydrogen (secondary N) is 1. The Labute approximate surface area is 155 Å². The van der Waals surface area contributed by atoms with Crippen LogP contribution in [0.25, 0.3) is 0 Å². The molecule has 0 saturated heterocycles. The molecule has 1 fully saturated rings. The van der Waals surface area contributed by atoms with Crippen molar-refractivity contribution in [2.24, 2.45) is 0 Å². The van der Waals surface area contributed by atoms with Gasteiger partial charge in [0, 0.05) is 12.5 Å². The Balaban J connectivity index is 1.78. The number of anilines is 3. The Morgan fingerprint density at radius 1 is 1.37 bits per heavy atom. The summed E-state index contributed by atoms with van der Waals surface area (Å²) in [6.45, 7) is 2.69. The van der Waals surface area contributed by atoms with Crippen molar-refractivity contribution in [3.8, 4) is 0 Å². The van der Waals surface area contributed by atoms with Crippen molar-refractivity contribution in [3.63, 3.8) is 0 Å². The van der Waals surface area contributed by atoms with E-state index in [4.69, 9.17) is 4.42 Å². The van der Waals surface area contributed by atoms with Gasteiger partial charge in [0.1, 0.15) is 6.67 Å². The summed E-state index contributed by atoms with van der Waals surface area (Å²) in [5, 5.41) is 18.3. The number of aliphatic hydroxyl groups is 1. The van der Waals surface area contributed by atoms with E-state index in [0.29, 0.717) is 11.4 Å². The minimum atomic E-state index is -3.74. The molecule has 1 aliphatic carbocycles. The van der Waals surface area contributed by atoms with Crippen LogP contribution in [0.15, 0.2) is 27.5 Å². The highest BCUT2D eigenvalue weighted by Gasteiger charge is 2.43. The number of aliphatic hydroxyl groups excluding tert-OH is 1. The van der Waals surface area contributed by atoms with E-state index in [-0.39, 0.29) is 23.3 Å². The molecule has 1 aromatic heterocycles. The highest BCUT2D eigenvalue weighted by molar-refractivity contribution is 7.89. The number of aryl methyl sites for hydroxylation is 1. The summed E-state index contributed by atoms with van der Waals surface area (Å²) in [4.78, 5) is 2.74. The lowest BCUT2D eigenvalue weighted by Crippen LogP contribution is -2.42. The van der Waals surface area contributed by atoms with Crippen LogP contribution in [-0.4, -0.2) is 48.8 Å². The number of aromatic nitrogens is 2. The van der Waals surface area contributed by atoms with Crippen LogP contribution in [0, 0.1) is 6.92 Å². The molecule has 0 radical (unpaired) electrons. The fourth-order valence-electron chi connectivity index (χ4n) is 3.08. The van der Waals surface area contributed by atoms with Gasteiger partial charge in [0.25, 0.3) is 0 Å². The minimum absolute atomic E-state index is 0.000676. The first kappa shape index (κ1) is 18.1. The Bertz CT molecular complexity index is 975. The monoisotopic (exact) mass is 397 g/mol. The van der Waals surface area contributed by atoms with Crippen LogP contribution in [0.2, 0.25) is 0 Å². The summed E-state index contributed by atoms with van der Waals surface area (Å²) < 4.78 is 46.5. The summed E-state index contributed by atoms with van der Waals surface area (Å²) >= 11 is 0. The highest BCUT2D eigenvalue weighted by atomic mass is 32.2. The van der Waals surface area contributed by atoms with Gasteiger partial charge in [-0.25, -0.2) is 22.4 Å². The number of hydrogen-bond donors (Lipinski definition) is 2. The molecule has 2 aromatic rings. The fourth-order valence-corrected chi connectivity index (χ4v) is 4.56. The lowest BCUT2D eigenvalue weighted by atomic mass is 10.2. The van der Waals surface area contributed by atoms with Crippen LogP contribution < -0.4 is 14.5 Å². The van der Waals surface area contributed by atoms with E-state index in [1.807, 2.05) is 6.92 Å². The normalized spacial score (nSPS) is 20.8. The largest absolute Gasteiger partial charge is 0.408 e. The van der Waals surface area contributed by atoms with Gasteiger partial charge in [0.15, 0.2) is 0 Å². The maximum absolute atomic E-state index is 13.0. The lowest BCUT2D eigenvalue weighted by Gasteiger charge is -2.24. The van der Waals surface area contributed by atoms with E-state index in [2.05, 4.69) is 14.9 Å². The number of alkyl halides is 1. The number of hydrogen-bond acceptors (Lipinski definition) is 8. The van der Waals surface area contributed by atoms with Gasteiger partial charge in [-0.1, -0.05) is 5.10 Å². The molecule has 1 unspecified atom stereocenters. The molecule has 2 N–H and O–H groups in total. The van der Waals surface area contributed by atoms with Crippen molar-refractivity contribution < 1.29 is 22.3 Å². The Hall–Kier alpha value is -2.24. The summed E-state index contributed by atoms with van der Waals surface area (Å²) in [5.41, 5.74) is 0.414. The van der Waals surface area contributed by atoms with Gasteiger partial charge in [-0.3, -0.25) is 0 Å². The topological polar surface area (TPSA) is 112 Å². The van der Waals surface area contributed by atoms with Crippen LogP contribution in [0.3, 0.4) is 0 Å². The first-order valence-electron chi connectivity index (χ1n) is 8.52. The molecule has 146 valence electrons. The molecule has 1 aromatic carbocycles. The summed E-state index contributed by atoms with van der Waals surface area (Å²) in [6, 6.07) is 4.40. The van der Waals surface area contributed by atoms with Crippen LogP contribution in [-0.2, 0) is 10.0 Å². The minimum Gasteiger partial charge on any atom is -0.408 e. The molecule has 1 atom stereocenters. The molecule has 0 amide bonds. The van der Waals surface area contributed by atoms with Crippen LogP contribution in [0.4, 0.5) is 21.8 Å². The number of fused-ring (bicyclic) bond motifs is 1. The van der Waals surface area contributed by atoms with E-state index in [9.17, 15) is 17.9 Å². The summed E-state index contributed by atoms with van der Waals surface area (Å²) in [6.07, 6.45) is 0.281. The maximum Gasteiger partial charge on any atom is 0.326 e. The highest BCUT2D eigenvalue weighted by Crippen LogP contribution is 2.44. The Morgan fingerprint density at radius 2 is 2.11 bits per heavy atom. The average molecular weight is 397 g/mol. The molecule has 27 heavy (non-hydrogen) atoms.